The molecule has 0 radical (unpaired) electrons. The zero-order chi connectivity index (χ0) is 12.1. The molecule has 5 atom stereocenters. The summed E-state index contributed by atoms with van der Waals surface area (Å²) in [5.41, 5.74) is 0. The van der Waals surface area contributed by atoms with Crippen molar-refractivity contribution in [1.82, 2.24) is 10.6 Å². The van der Waals surface area contributed by atoms with Crippen LogP contribution in [0.3, 0.4) is 0 Å². The summed E-state index contributed by atoms with van der Waals surface area (Å²) in [6, 6.07) is 0. The Hall–Kier alpha value is -0.240. The minimum atomic E-state index is -1.34. The van der Waals surface area contributed by atoms with Gasteiger partial charge in [0.1, 0.15) is 12.2 Å². The van der Waals surface area contributed by atoms with Gasteiger partial charge in [0.2, 0.25) is 0 Å². The molecule has 1 aliphatic rings. The van der Waals surface area contributed by atoms with Crippen molar-refractivity contribution in [2.45, 2.75) is 50.3 Å². The first-order valence-electron chi connectivity index (χ1n) is 5.71. The second kappa shape index (κ2) is 6.48. The maximum Gasteiger partial charge on any atom is 0.109 e. The lowest BCUT2D eigenvalue weighted by atomic mass is 10.0. The van der Waals surface area contributed by atoms with E-state index in [-0.39, 0.29) is 12.7 Å². The zero-order valence-corrected chi connectivity index (χ0v) is 9.50. The monoisotopic (exact) mass is 234 g/mol. The molecule has 96 valence electrons. The fourth-order valence-electron chi connectivity index (χ4n) is 1.76. The highest BCUT2D eigenvalue weighted by Gasteiger charge is 2.28. The first-order valence-corrected chi connectivity index (χ1v) is 5.71. The highest BCUT2D eigenvalue weighted by atomic mass is 16.4. The van der Waals surface area contributed by atoms with Crippen molar-refractivity contribution in [2.75, 3.05) is 13.1 Å². The smallest absolute Gasteiger partial charge is 0.109 e. The molecule has 1 aliphatic heterocycles. The Balaban J connectivity index is 2.24. The first kappa shape index (κ1) is 13.8. The summed E-state index contributed by atoms with van der Waals surface area (Å²) in [5.74, 6) is 0. The third-order valence-corrected chi connectivity index (χ3v) is 2.87. The molecule has 6 nitrogen and oxygen atoms in total. The molecule has 0 aromatic carbocycles. The molecule has 1 saturated heterocycles. The third-order valence-electron chi connectivity index (χ3n) is 2.87. The molecule has 0 aromatic heterocycles. The van der Waals surface area contributed by atoms with Crippen LogP contribution in [0.2, 0.25) is 0 Å². The lowest BCUT2D eigenvalue weighted by molar-refractivity contribution is -0.0991. The molecule has 1 unspecified atom stereocenters. The molecule has 1 rings (SSSR count). The maximum absolute atomic E-state index is 9.59. The van der Waals surface area contributed by atoms with Crippen LogP contribution in [0.25, 0.3) is 0 Å². The predicted octanol–water partition coefficient (Wildman–Crippen LogP) is -2.25. The van der Waals surface area contributed by atoms with Crippen LogP contribution in [0.15, 0.2) is 0 Å². The molecule has 16 heavy (non-hydrogen) atoms. The van der Waals surface area contributed by atoms with Crippen LogP contribution in [0.1, 0.15) is 19.8 Å². The molecule has 0 aliphatic carbocycles. The van der Waals surface area contributed by atoms with Crippen LogP contribution in [0, 0.1) is 0 Å². The summed E-state index contributed by atoms with van der Waals surface area (Å²) in [6.45, 7) is 2.50. The summed E-state index contributed by atoms with van der Waals surface area (Å²) in [6.07, 6.45) is -2.58. The zero-order valence-electron chi connectivity index (χ0n) is 9.50. The summed E-state index contributed by atoms with van der Waals surface area (Å²) < 4.78 is 0. The summed E-state index contributed by atoms with van der Waals surface area (Å²) in [4.78, 5) is 0. The maximum atomic E-state index is 9.59. The van der Waals surface area contributed by atoms with E-state index < -0.39 is 24.4 Å². The van der Waals surface area contributed by atoms with Gasteiger partial charge in [0.15, 0.2) is 0 Å². The molecule has 0 saturated carbocycles. The number of rotatable bonds is 6. The Labute approximate surface area is 95.3 Å². The number of aliphatic hydroxyl groups excluding tert-OH is 4. The topological polar surface area (TPSA) is 105 Å². The van der Waals surface area contributed by atoms with Gasteiger partial charge in [-0.1, -0.05) is 0 Å². The molecular formula is C10H22N2O4. The normalized spacial score (nSPS) is 28.7. The second-order valence-electron chi connectivity index (χ2n) is 4.35. The average molecular weight is 234 g/mol. The molecule has 1 fully saturated rings. The SMILES string of the molecule is C[C@@H](O)[C@H](O)[C@H](O)[C@@H](O)CNC1CCCN1. The second-order valence-corrected chi connectivity index (χ2v) is 4.35. The molecule has 0 spiro atoms. The van der Waals surface area contributed by atoms with Crippen LogP contribution in [-0.4, -0.2) is 64.1 Å². The van der Waals surface area contributed by atoms with Crippen LogP contribution in [0.4, 0.5) is 0 Å². The highest BCUT2D eigenvalue weighted by Crippen LogP contribution is 2.06. The Morgan fingerprint density at radius 3 is 2.44 bits per heavy atom. The quantitative estimate of drug-likeness (QED) is 0.310. The molecule has 6 N–H and O–H groups in total. The van der Waals surface area contributed by atoms with Crippen molar-refractivity contribution in [2.24, 2.45) is 0 Å². The highest BCUT2D eigenvalue weighted by molar-refractivity contribution is 4.82. The Bertz CT molecular complexity index is 197. The Morgan fingerprint density at radius 2 is 1.94 bits per heavy atom. The molecule has 0 aromatic rings. The molecule has 1 heterocycles. The van der Waals surface area contributed by atoms with Crippen molar-refractivity contribution in [3.8, 4) is 0 Å². The van der Waals surface area contributed by atoms with Crippen LogP contribution in [0.5, 0.6) is 0 Å². The van der Waals surface area contributed by atoms with Gasteiger partial charge in [0.25, 0.3) is 0 Å². The van der Waals surface area contributed by atoms with E-state index in [1.165, 1.54) is 6.92 Å². The summed E-state index contributed by atoms with van der Waals surface area (Å²) in [5, 5.41) is 43.7. The van der Waals surface area contributed by atoms with Crippen molar-refractivity contribution in [3.05, 3.63) is 0 Å². The van der Waals surface area contributed by atoms with Gasteiger partial charge in [0.05, 0.1) is 18.4 Å². The van der Waals surface area contributed by atoms with Gasteiger partial charge in [-0.2, -0.15) is 0 Å². The lowest BCUT2D eigenvalue weighted by Gasteiger charge is -2.26. The average Bonchev–Trinajstić information content (AvgIpc) is 2.76. The molecular weight excluding hydrogens is 212 g/mol. The van der Waals surface area contributed by atoms with E-state index in [0.717, 1.165) is 19.4 Å². The van der Waals surface area contributed by atoms with Gasteiger partial charge >= 0.3 is 0 Å². The van der Waals surface area contributed by atoms with Gasteiger partial charge in [0, 0.05) is 6.54 Å². The van der Waals surface area contributed by atoms with Gasteiger partial charge in [-0.3, -0.25) is 5.32 Å². The largest absolute Gasteiger partial charge is 0.391 e. The van der Waals surface area contributed by atoms with E-state index >= 15 is 0 Å². The van der Waals surface area contributed by atoms with Gasteiger partial charge in [-0.25, -0.2) is 0 Å². The van der Waals surface area contributed by atoms with Crippen molar-refractivity contribution in [1.29, 1.82) is 0 Å². The Kier molecular flexibility index (Phi) is 5.60. The fourth-order valence-corrected chi connectivity index (χ4v) is 1.76. The fraction of sp³-hybridized carbons (Fsp3) is 1.00. The minimum Gasteiger partial charge on any atom is -0.391 e. The number of hydrogen-bond donors (Lipinski definition) is 6. The minimum absolute atomic E-state index is 0.158. The summed E-state index contributed by atoms with van der Waals surface area (Å²) >= 11 is 0. The van der Waals surface area contributed by atoms with E-state index in [0.29, 0.717) is 0 Å². The lowest BCUT2D eigenvalue weighted by Crippen LogP contribution is -2.50. The van der Waals surface area contributed by atoms with Crippen molar-refractivity contribution in [3.63, 3.8) is 0 Å². The standard InChI is InChI=1S/C10H22N2O4/c1-6(13)9(15)10(16)7(14)5-12-8-3-2-4-11-8/h6-16H,2-5H2,1H3/t6-,7+,8?,9+,10-/m1/s1. The van der Waals surface area contributed by atoms with Gasteiger partial charge in [-0.15, -0.1) is 0 Å². The van der Waals surface area contributed by atoms with Crippen molar-refractivity contribution < 1.29 is 20.4 Å². The Morgan fingerprint density at radius 1 is 1.25 bits per heavy atom. The van der Waals surface area contributed by atoms with E-state index in [1.807, 2.05) is 0 Å². The number of nitrogens with one attached hydrogen (secondary N) is 2. The van der Waals surface area contributed by atoms with E-state index in [9.17, 15) is 15.3 Å². The van der Waals surface area contributed by atoms with E-state index in [4.69, 9.17) is 5.11 Å². The molecule has 0 bridgehead atoms. The molecule has 6 heteroatoms. The molecule has 0 amide bonds. The first-order chi connectivity index (χ1) is 7.52. The van der Waals surface area contributed by atoms with E-state index in [1.54, 1.807) is 0 Å². The number of hydrogen-bond acceptors (Lipinski definition) is 6. The van der Waals surface area contributed by atoms with Crippen LogP contribution >= 0.6 is 0 Å². The van der Waals surface area contributed by atoms with Crippen LogP contribution in [-0.2, 0) is 0 Å². The third kappa shape index (κ3) is 3.97. The predicted molar refractivity (Wildman–Crippen MR) is 58.7 cm³/mol. The van der Waals surface area contributed by atoms with E-state index in [2.05, 4.69) is 10.6 Å². The number of aliphatic hydroxyl groups is 4. The summed E-state index contributed by atoms with van der Waals surface area (Å²) in [7, 11) is 0. The van der Waals surface area contributed by atoms with Gasteiger partial charge in [-0.05, 0) is 26.3 Å². The van der Waals surface area contributed by atoms with Crippen LogP contribution < -0.4 is 10.6 Å². The van der Waals surface area contributed by atoms with Crippen molar-refractivity contribution >= 4 is 0 Å². The van der Waals surface area contributed by atoms with Gasteiger partial charge < -0.3 is 25.7 Å².